The van der Waals surface area contributed by atoms with E-state index in [1.54, 1.807) is 0 Å². The second-order valence-electron chi connectivity index (χ2n) is 3.50. The van der Waals surface area contributed by atoms with Crippen molar-refractivity contribution in [2.45, 2.75) is 12.5 Å². The molecule has 6 heteroatoms. The van der Waals surface area contributed by atoms with Crippen LogP contribution in [0.3, 0.4) is 0 Å². The number of H-pyrrole nitrogens is 1. The molecule has 2 rings (SSSR count). The van der Waals surface area contributed by atoms with Crippen molar-refractivity contribution in [3.8, 4) is 0 Å². The lowest BCUT2D eigenvalue weighted by atomic mass is 10.1. The normalized spacial score (nSPS) is 12.6. The molecule has 84 valence electrons. The molecule has 3 N–H and O–H groups in total. The van der Waals surface area contributed by atoms with E-state index in [-0.39, 0.29) is 0 Å². The molecule has 0 radical (unpaired) electrons. The molecule has 0 aliphatic heterocycles. The predicted molar refractivity (Wildman–Crippen MR) is 57.6 cm³/mol. The minimum Gasteiger partial charge on any atom is -0.468 e. The van der Waals surface area contributed by atoms with Crippen LogP contribution in [0.2, 0.25) is 0 Å². The van der Waals surface area contributed by atoms with Gasteiger partial charge < -0.3 is 10.5 Å². The van der Waals surface area contributed by atoms with Crippen LogP contribution in [-0.2, 0) is 16.0 Å². The number of benzene rings is 1. The maximum absolute atomic E-state index is 11.1. The van der Waals surface area contributed by atoms with Gasteiger partial charge in [0.1, 0.15) is 11.6 Å². The monoisotopic (exact) mass is 220 g/mol. The standard InChI is InChI=1S/C10H12N4O2/c1-16-10(15)7(11)4-6-2-3-8-9(5-6)13-14-12-8/h2-3,5,7H,4,11H2,1H3,(H,12,13,14). The van der Waals surface area contributed by atoms with E-state index < -0.39 is 12.0 Å². The van der Waals surface area contributed by atoms with Crippen LogP contribution in [0.1, 0.15) is 5.56 Å². The first kappa shape index (κ1) is 10.6. The summed E-state index contributed by atoms with van der Waals surface area (Å²) in [5.41, 5.74) is 8.21. The molecule has 0 amide bonds. The third kappa shape index (κ3) is 2.01. The van der Waals surface area contributed by atoms with Crippen molar-refractivity contribution < 1.29 is 9.53 Å². The Morgan fingerprint density at radius 1 is 1.62 bits per heavy atom. The molecular formula is C10H12N4O2. The summed E-state index contributed by atoms with van der Waals surface area (Å²) in [5.74, 6) is -0.416. The Morgan fingerprint density at radius 3 is 3.19 bits per heavy atom. The van der Waals surface area contributed by atoms with Crippen LogP contribution in [-0.4, -0.2) is 34.5 Å². The second-order valence-corrected chi connectivity index (χ2v) is 3.50. The van der Waals surface area contributed by atoms with Crippen molar-refractivity contribution in [2.24, 2.45) is 5.73 Å². The summed E-state index contributed by atoms with van der Waals surface area (Å²) >= 11 is 0. The molecule has 0 fully saturated rings. The zero-order valence-corrected chi connectivity index (χ0v) is 8.80. The number of esters is 1. The van der Waals surface area contributed by atoms with Gasteiger partial charge in [0.15, 0.2) is 0 Å². The number of aromatic nitrogens is 3. The van der Waals surface area contributed by atoms with Gasteiger partial charge in [0.25, 0.3) is 0 Å². The summed E-state index contributed by atoms with van der Waals surface area (Å²) in [6, 6.07) is 4.94. The Kier molecular flexibility index (Phi) is 2.82. The second kappa shape index (κ2) is 4.28. The first-order valence-corrected chi connectivity index (χ1v) is 4.84. The number of hydrogen-bond acceptors (Lipinski definition) is 5. The van der Waals surface area contributed by atoms with E-state index in [2.05, 4.69) is 20.1 Å². The van der Waals surface area contributed by atoms with Crippen molar-refractivity contribution in [2.75, 3.05) is 7.11 Å². The summed E-state index contributed by atoms with van der Waals surface area (Å²) in [4.78, 5) is 11.1. The first-order chi connectivity index (χ1) is 7.70. The van der Waals surface area contributed by atoms with E-state index >= 15 is 0 Å². The highest BCUT2D eigenvalue weighted by Gasteiger charge is 2.14. The number of rotatable bonds is 3. The van der Waals surface area contributed by atoms with Crippen LogP contribution in [0.25, 0.3) is 11.0 Å². The molecule has 1 atom stereocenters. The van der Waals surface area contributed by atoms with E-state index in [0.717, 1.165) is 16.6 Å². The zero-order chi connectivity index (χ0) is 11.5. The molecule has 2 aromatic rings. The van der Waals surface area contributed by atoms with E-state index in [4.69, 9.17) is 5.73 Å². The first-order valence-electron chi connectivity index (χ1n) is 4.84. The highest BCUT2D eigenvalue weighted by atomic mass is 16.5. The van der Waals surface area contributed by atoms with Crippen LogP contribution in [0.4, 0.5) is 0 Å². The van der Waals surface area contributed by atoms with Crippen molar-refractivity contribution in [1.82, 2.24) is 15.4 Å². The number of nitrogens with two attached hydrogens (primary N) is 1. The quantitative estimate of drug-likeness (QED) is 0.710. The fraction of sp³-hybridized carbons (Fsp3) is 0.300. The van der Waals surface area contributed by atoms with Crippen molar-refractivity contribution in [1.29, 1.82) is 0 Å². The number of aromatic amines is 1. The number of fused-ring (bicyclic) bond motifs is 1. The molecule has 1 heterocycles. The van der Waals surface area contributed by atoms with Crippen LogP contribution in [0.5, 0.6) is 0 Å². The fourth-order valence-corrected chi connectivity index (χ4v) is 1.50. The van der Waals surface area contributed by atoms with Gasteiger partial charge in [0, 0.05) is 0 Å². The number of hydrogen-bond donors (Lipinski definition) is 2. The number of nitrogens with one attached hydrogen (secondary N) is 1. The SMILES string of the molecule is COC(=O)C(N)Cc1ccc2[nH]nnc2c1. The lowest BCUT2D eigenvalue weighted by Gasteiger charge is -2.08. The van der Waals surface area contributed by atoms with Gasteiger partial charge in [0.2, 0.25) is 0 Å². The average Bonchev–Trinajstić information content (AvgIpc) is 2.75. The molecule has 0 aliphatic carbocycles. The van der Waals surface area contributed by atoms with E-state index in [0.29, 0.717) is 6.42 Å². The third-order valence-electron chi connectivity index (χ3n) is 2.35. The van der Waals surface area contributed by atoms with E-state index in [1.807, 2.05) is 18.2 Å². The number of carbonyl (C=O) groups excluding carboxylic acids is 1. The molecule has 6 nitrogen and oxygen atoms in total. The topological polar surface area (TPSA) is 93.9 Å². The van der Waals surface area contributed by atoms with Gasteiger partial charge in [0.05, 0.1) is 12.6 Å². The maximum atomic E-state index is 11.1. The fourth-order valence-electron chi connectivity index (χ4n) is 1.50. The Hall–Kier alpha value is -1.95. The summed E-state index contributed by atoms with van der Waals surface area (Å²) in [6.07, 6.45) is 0.426. The van der Waals surface area contributed by atoms with Gasteiger partial charge in [-0.05, 0) is 24.1 Å². The molecule has 1 unspecified atom stereocenters. The van der Waals surface area contributed by atoms with E-state index in [1.165, 1.54) is 7.11 Å². The Bertz CT molecular complexity index is 508. The molecule has 0 saturated heterocycles. The molecule has 0 saturated carbocycles. The van der Waals surface area contributed by atoms with Gasteiger partial charge in [-0.15, -0.1) is 5.10 Å². The summed E-state index contributed by atoms with van der Waals surface area (Å²) in [6.45, 7) is 0. The molecule has 1 aromatic carbocycles. The smallest absolute Gasteiger partial charge is 0.322 e. The third-order valence-corrected chi connectivity index (χ3v) is 2.35. The van der Waals surface area contributed by atoms with Crippen LogP contribution in [0, 0.1) is 0 Å². The summed E-state index contributed by atoms with van der Waals surface area (Å²) < 4.78 is 4.56. The number of ether oxygens (including phenoxy) is 1. The minimum absolute atomic E-state index is 0.416. The summed E-state index contributed by atoms with van der Waals surface area (Å²) in [5, 5.41) is 10.3. The maximum Gasteiger partial charge on any atom is 0.322 e. The average molecular weight is 220 g/mol. The van der Waals surface area contributed by atoms with Crippen LogP contribution >= 0.6 is 0 Å². The van der Waals surface area contributed by atoms with Crippen molar-refractivity contribution >= 4 is 17.0 Å². The zero-order valence-electron chi connectivity index (χ0n) is 8.80. The van der Waals surface area contributed by atoms with Crippen molar-refractivity contribution in [3.63, 3.8) is 0 Å². The molecule has 1 aromatic heterocycles. The molecule has 0 aliphatic rings. The van der Waals surface area contributed by atoms with Gasteiger partial charge in [-0.2, -0.15) is 0 Å². The number of methoxy groups -OCH3 is 1. The van der Waals surface area contributed by atoms with Crippen molar-refractivity contribution in [3.05, 3.63) is 23.8 Å². The molecule has 0 spiro atoms. The summed E-state index contributed by atoms with van der Waals surface area (Å²) in [7, 11) is 1.32. The van der Waals surface area contributed by atoms with Gasteiger partial charge >= 0.3 is 5.97 Å². The number of carbonyl (C=O) groups is 1. The largest absolute Gasteiger partial charge is 0.468 e. The highest BCUT2D eigenvalue weighted by molar-refractivity contribution is 5.77. The van der Waals surface area contributed by atoms with Crippen LogP contribution < -0.4 is 5.73 Å². The molecule has 16 heavy (non-hydrogen) atoms. The minimum atomic E-state index is -0.644. The van der Waals surface area contributed by atoms with Crippen LogP contribution in [0.15, 0.2) is 18.2 Å². The predicted octanol–water partition coefficient (Wildman–Crippen LogP) is 0.000700. The van der Waals surface area contributed by atoms with Gasteiger partial charge in [-0.1, -0.05) is 11.3 Å². The van der Waals surface area contributed by atoms with Gasteiger partial charge in [-0.25, -0.2) is 0 Å². The lowest BCUT2D eigenvalue weighted by Crippen LogP contribution is -2.33. The lowest BCUT2D eigenvalue weighted by molar-refractivity contribution is -0.142. The molecular weight excluding hydrogens is 208 g/mol. The van der Waals surface area contributed by atoms with Gasteiger partial charge in [-0.3, -0.25) is 9.89 Å². The highest BCUT2D eigenvalue weighted by Crippen LogP contribution is 2.12. The Balaban J connectivity index is 2.17. The number of nitrogens with zero attached hydrogens (tertiary/aromatic N) is 2. The Labute approximate surface area is 91.8 Å². The van der Waals surface area contributed by atoms with E-state index in [9.17, 15) is 4.79 Å². The molecule has 0 bridgehead atoms. The Morgan fingerprint density at radius 2 is 2.44 bits per heavy atom.